The summed E-state index contributed by atoms with van der Waals surface area (Å²) in [6.45, 7) is 14.8. The number of ether oxygens (including phenoxy) is 2. The van der Waals surface area contributed by atoms with Crippen molar-refractivity contribution in [3.63, 3.8) is 0 Å². The molecular formula is C21H34O4. The minimum Gasteiger partial charge on any atom is -0.469 e. The quantitative estimate of drug-likeness (QED) is 0.404. The van der Waals surface area contributed by atoms with Gasteiger partial charge in [-0.3, -0.25) is 9.59 Å². The number of esters is 2. The van der Waals surface area contributed by atoms with Crippen molar-refractivity contribution in [3.05, 3.63) is 43.0 Å². The van der Waals surface area contributed by atoms with Crippen molar-refractivity contribution < 1.29 is 19.1 Å². The largest absolute Gasteiger partial charge is 0.469 e. The fraction of sp³-hybridized carbons (Fsp3) is 0.524. The van der Waals surface area contributed by atoms with Gasteiger partial charge >= 0.3 is 11.9 Å². The normalized spacial score (nSPS) is 10.8. The summed E-state index contributed by atoms with van der Waals surface area (Å²) in [6, 6.07) is 9.14. The van der Waals surface area contributed by atoms with Crippen LogP contribution < -0.4 is 4.74 Å². The first kappa shape index (κ1) is 25.1. The summed E-state index contributed by atoms with van der Waals surface area (Å²) in [7, 11) is 1.42. The molecule has 1 unspecified atom stereocenters. The van der Waals surface area contributed by atoms with E-state index in [1.54, 1.807) is 18.2 Å². The molecule has 0 saturated carbocycles. The molecule has 142 valence electrons. The number of hydrogen-bond acceptors (Lipinski definition) is 4. The molecule has 25 heavy (non-hydrogen) atoms. The van der Waals surface area contributed by atoms with Crippen molar-refractivity contribution in [2.45, 2.75) is 54.4 Å². The van der Waals surface area contributed by atoms with Crippen LogP contribution in [0.4, 0.5) is 0 Å². The number of allylic oxidation sites excluding steroid dienone is 1. The molecule has 0 fully saturated rings. The predicted molar refractivity (Wildman–Crippen MR) is 103 cm³/mol. The van der Waals surface area contributed by atoms with Gasteiger partial charge in [-0.2, -0.15) is 0 Å². The lowest BCUT2D eigenvalue weighted by atomic mass is 9.91. The van der Waals surface area contributed by atoms with Gasteiger partial charge in [0.1, 0.15) is 5.75 Å². The number of hydrogen-bond donors (Lipinski definition) is 0. The maximum Gasteiger partial charge on any atom is 0.314 e. The number of benzene rings is 1. The van der Waals surface area contributed by atoms with Gasteiger partial charge in [0.05, 0.1) is 18.4 Å². The summed E-state index contributed by atoms with van der Waals surface area (Å²) in [5.74, 6) is 0.298. The van der Waals surface area contributed by atoms with Crippen LogP contribution in [0.25, 0.3) is 0 Å². The van der Waals surface area contributed by atoms with E-state index in [1.807, 2.05) is 59.7 Å². The molecule has 0 N–H and O–H groups in total. The lowest BCUT2D eigenvalue weighted by Crippen LogP contribution is -2.24. The van der Waals surface area contributed by atoms with E-state index in [1.165, 1.54) is 7.11 Å². The Morgan fingerprint density at radius 2 is 1.68 bits per heavy atom. The Kier molecular flexibility index (Phi) is 14.3. The third-order valence-electron chi connectivity index (χ3n) is 3.60. The molecule has 0 heterocycles. The highest BCUT2D eigenvalue weighted by Crippen LogP contribution is 2.20. The lowest BCUT2D eigenvalue weighted by molar-refractivity contribution is -0.150. The number of carbonyl (C=O) groups excluding carboxylic acids is 2. The van der Waals surface area contributed by atoms with Crippen molar-refractivity contribution in [1.29, 1.82) is 0 Å². The zero-order valence-corrected chi connectivity index (χ0v) is 16.8. The molecular weight excluding hydrogens is 316 g/mol. The molecule has 1 atom stereocenters. The highest BCUT2D eigenvalue weighted by Gasteiger charge is 2.25. The van der Waals surface area contributed by atoms with Gasteiger partial charge in [-0.05, 0) is 45.7 Å². The zero-order chi connectivity index (χ0) is 19.9. The Labute approximate surface area is 153 Å². The molecule has 0 aliphatic heterocycles. The van der Waals surface area contributed by atoms with Gasteiger partial charge in [-0.1, -0.05) is 45.0 Å². The maximum absolute atomic E-state index is 11.3. The van der Waals surface area contributed by atoms with Crippen molar-refractivity contribution in [3.8, 4) is 5.75 Å². The third-order valence-corrected chi connectivity index (χ3v) is 3.60. The van der Waals surface area contributed by atoms with E-state index in [9.17, 15) is 9.59 Å². The van der Waals surface area contributed by atoms with Gasteiger partial charge < -0.3 is 9.47 Å². The molecule has 0 aliphatic carbocycles. The van der Waals surface area contributed by atoms with E-state index < -0.39 is 0 Å². The maximum atomic E-state index is 11.3. The monoisotopic (exact) mass is 350 g/mol. The lowest BCUT2D eigenvalue weighted by Gasteiger charge is -2.17. The summed E-state index contributed by atoms with van der Waals surface area (Å²) in [4.78, 5) is 22.2. The standard InChI is InChI=1S/C11H14O2.C7H14O2.C3H6/c1-3-9(2)11(12)13-10-7-5-4-6-8-10;1-5-7(2,3)6(8)9-4;1-3-2/h4-9H,3H2,1-2H3;5H2,1-4H3;3H,1H2,2H3. The molecule has 0 saturated heterocycles. The van der Waals surface area contributed by atoms with Crippen molar-refractivity contribution >= 4 is 11.9 Å². The fourth-order valence-electron chi connectivity index (χ4n) is 1.29. The van der Waals surface area contributed by atoms with E-state index in [0.717, 1.165) is 12.8 Å². The Morgan fingerprint density at radius 1 is 1.20 bits per heavy atom. The van der Waals surface area contributed by atoms with Crippen LogP contribution in [-0.4, -0.2) is 19.0 Å². The molecule has 0 bridgehead atoms. The summed E-state index contributed by atoms with van der Waals surface area (Å²) in [6.07, 6.45) is 3.38. The van der Waals surface area contributed by atoms with Crippen LogP contribution in [0.5, 0.6) is 5.75 Å². The van der Waals surface area contributed by atoms with E-state index in [2.05, 4.69) is 11.3 Å². The third kappa shape index (κ3) is 12.0. The second-order valence-electron chi connectivity index (χ2n) is 6.18. The Balaban J connectivity index is 0. The predicted octanol–water partition coefficient (Wildman–Crippen LogP) is 5.43. The smallest absolute Gasteiger partial charge is 0.314 e. The average Bonchev–Trinajstić information content (AvgIpc) is 2.62. The summed E-state index contributed by atoms with van der Waals surface area (Å²) in [5.41, 5.74) is -0.311. The summed E-state index contributed by atoms with van der Waals surface area (Å²) in [5, 5.41) is 0. The van der Waals surface area contributed by atoms with Gasteiger partial charge in [-0.15, -0.1) is 6.58 Å². The average molecular weight is 350 g/mol. The first-order chi connectivity index (χ1) is 11.7. The van der Waals surface area contributed by atoms with Crippen LogP contribution in [0.15, 0.2) is 43.0 Å². The second kappa shape index (κ2) is 14.3. The van der Waals surface area contributed by atoms with Crippen LogP contribution in [0, 0.1) is 11.3 Å². The number of rotatable bonds is 5. The van der Waals surface area contributed by atoms with Crippen molar-refractivity contribution in [1.82, 2.24) is 0 Å². The molecule has 0 amide bonds. The van der Waals surface area contributed by atoms with Gasteiger partial charge in [0, 0.05) is 0 Å². The first-order valence-corrected chi connectivity index (χ1v) is 8.62. The molecule has 1 aromatic rings. The summed E-state index contributed by atoms with van der Waals surface area (Å²) < 4.78 is 9.70. The molecule has 1 rings (SSSR count). The van der Waals surface area contributed by atoms with Crippen LogP contribution in [0.2, 0.25) is 0 Å². The number of methoxy groups -OCH3 is 1. The minimum absolute atomic E-state index is 0.0276. The van der Waals surface area contributed by atoms with Crippen molar-refractivity contribution in [2.24, 2.45) is 11.3 Å². The number of carbonyl (C=O) groups is 2. The van der Waals surface area contributed by atoms with Crippen LogP contribution in [-0.2, 0) is 14.3 Å². The van der Waals surface area contributed by atoms with E-state index in [4.69, 9.17) is 4.74 Å². The van der Waals surface area contributed by atoms with E-state index in [-0.39, 0.29) is 23.3 Å². The molecule has 4 heteroatoms. The SMILES string of the molecule is C=CC.CCC(C)(C)C(=O)OC.CCC(C)C(=O)Oc1ccccc1. The molecule has 4 nitrogen and oxygen atoms in total. The van der Waals surface area contributed by atoms with Crippen LogP contribution in [0.3, 0.4) is 0 Å². The molecule has 0 aliphatic rings. The van der Waals surface area contributed by atoms with Gasteiger partial charge in [0.25, 0.3) is 0 Å². The highest BCUT2D eigenvalue weighted by molar-refractivity contribution is 5.75. The van der Waals surface area contributed by atoms with E-state index >= 15 is 0 Å². The Bertz CT molecular complexity index is 492. The fourth-order valence-corrected chi connectivity index (χ4v) is 1.29. The molecule has 0 radical (unpaired) electrons. The van der Waals surface area contributed by atoms with Crippen LogP contribution >= 0.6 is 0 Å². The summed E-state index contributed by atoms with van der Waals surface area (Å²) >= 11 is 0. The van der Waals surface area contributed by atoms with Crippen LogP contribution in [0.1, 0.15) is 54.4 Å². The van der Waals surface area contributed by atoms with Gasteiger partial charge in [0.15, 0.2) is 0 Å². The molecule has 0 aromatic heterocycles. The minimum atomic E-state index is -0.311. The molecule has 1 aromatic carbocycles. The van der Waals surface area contributed by atoms with Gasteiger partial charge in [0.2, 0.25) is 0 Å². The first-order valence-electron chi connectivity index (χ1n) is 8.62. The Hall–Kier alpha value is -2.10. The van der Waals surface area contributed by atoms with Crippen molar-refractivity contribution in [2.75, 3.05) is 7.11 Å². The second-order valence-corrected chi connectivity index (χ2v) is 6.18. The van der Waals surface area contributed by atoms with Gasteiger partial charge in [-0.25, -0.2) is 0 Å². The topological polar surface area (TPSA) is 52.6 Å². The van der Waals surface area contributed by atoms with E-state index in [0.29, 0.717) is 5.75 Å². The highest BCUT2D eigenvalue weighted by atomic mass is 16.5. The Morgan fingerprint density at radius 3 is 2.00 bits per heavy atom. The molecule has 0 spiro atoms. The number of para-hydroxylation sites is 1. The zero-order valence-electron chi connectivity index (χ0n) is 16.8.